The third kappa shape index (κ3) is 8.34. The zero-order chi connectivity index (χ0) is 22.6. The molecule has 6 unspecified atom stereocenters. The van der Waals surface area contributed by atoms with Crippen molar-refractivity contribution >= 4 is 0 Å². The van der Waals surface area contributed by atoms with Crippen molar-refractivity contribution in [3.05, 3.63) is 0 Å². The summed E-state index contributed by atoms with van der Waals surface area (Å²) in [4.78, 5) is 0. The van der Waals surface area contributed by atoms with Crippen molar-refractivity contribution in [1.82, 2.24) is 0 Å². The maximum absolute atomic E-state index is 2.70. The highest BCUT2D eigenvalue weighted by molar-refractivity contribution is 4.93. The molecule has 0 aromatic heterocycles. The van der Waals surface area contributed by atoms with Crippen molar-refractivity contribution in [2.75, 3.05) is 0 Å². The molecule has 3 rings (SSSR count). The van der Waals surface area contributed by atoms with Crippen LogP contribution in [0.5, 0.6) is 0 Å². The molecule has 0 aromatic rings. The van der Waals surface area contributed by atoms with Crippen molar-refractivity contribution in [3.63, 3.8) is 0 Å². The normalized spacial score (nSPS) is 37.6. The Morgan fingerprint density at radius 3 is 1.72 bits per heavy atom. The minimum Gasteiger partial charge on any atom is -0.0654 e. The Balaban J connectivity index is 1.60. The van der Waals surface area contributed by atoms with Gasteiger partial charge in [-0.15, -0.1) is 0 Å². The smallest absolute Gasteiger partial charge is 0.0331 e. The monoisotopic (exact) mass is 444 g/mol. The lowest BCUT2D eigenvalue weighted by molar-refractivity contribution is 0.147. The standard InChI is InChI=1S/C32H60/c1-4-5-18-28-19-13-10-8-6-7-9-11-14-23-30(24-17-20-28)32-26(2)25-31(27(32)3)29-21-15-12-16-22-29/h26-32H,4-25H2,1-3H3. The molecule has 188 valence electrons. The molecule has 0 spiro atoms. The zero-order valence-electron chi connectivity index (χ0n) is 22.6. The Kier molecular flexibility index (Phi) is 12.5. The fourth-order valence-corrected chi connectivity index (χ4v) is 8.71. The fourth-order valence-electron chi connectivity index (χ4n) is 8.71. The molecule has 0 amide bonds. The number of hydrogen-bond donors (Lipinski definition) is 0. The topological polar surface area (TPSA) is 0 Å². The number of unbranched alkanes of at least 4 members (excludes halogenated alkanes) is 1. The Morgan fingerprint density at radius 1 is 0.562 bits per heavy atom. The zero-order valence-corrected chi connectivity index (χ0v) is 22.6. The van der Waals surface area contributed by atoms with Crippen LogP contribution in [0.4, 0.5) is 0 Å². The second-order valence-corrected chi connectivity index (χ2v) is 12.8. The van der Waals surface area contributed by atoms with Gasteiger partial charge in [-0.05, 0) is 47.8 Å². The van der Waals surface area contributed by atoms with Crippen LogP contribution < -0.4 is 0 Å². The summed E-state index contributed by atoms with van der Waals surface area (Å²) in [6.45, 7) is 7.74. The minimum atomic E-state index is 0.986. The van der Waals surface area contributed by atoms with E-state index in [2.05, 4.69) is 20.8 Å². The molecule has 3 aliphatic carbocycles. The molecule has 0 N–H and O–H groups in total. The van der Waals surface area contributed by atoms with E-state index in [1.807, 2.05) is 0 Å². The van der Waals surface area contributed by atoms with Gasteiger partial charge >= 0.3 is 0 Å². The summed E-state index contributed by atoms with van der Waals surface area (Å²) >= 11 is 0. The van der Waals surface area contributed by atoms with Crippen LogP contribution in [0.15, 0.2) is 0 Å². The molecule has 0 heteroatoms. The quantitative estimate of drug-likeness (QED) is 0.395. The van der Waals surface area contributed by atoms with E-state index in [1.54, 1.807) is 32.1 Å². The van der Waals surface area contributed by atoms with Gasteiger partial charge in [-0.25, -0.2) is 0 Å². The maximum atomic E-state index is 2.70. The van der Waals surface area contributed by atoms with Crippen LogP contribution in [0.1, 0.15) is 162 Å². The van der Waals surface area contributed by atoms with Gasteiger partial charge in [0, 0.05) is 0 Å². The van der Waals surface area contributed by atoms with Crippen LogP contribution in [-0.4, -0.2) is 0 Å². The molecule has 3 fully saturated rings. The third-order valence-electron chi connectivity index (χ3n) is 10.5. The highest BCUT2D eigenvalue weighted by Gasteiger charge is 2.44. The van der Waals surface area contributed by atoms with Gasteiger partial charge in [-0.1, -0.05) is 156 Å². The lowest BCUT2D eigenvalue weighted by Gasteiger charge is -2.35. The van der Waals surface area contributed by atoms with Crippen LogP contribution in [0.25, 0.3) is 0 Å². The largest absolute Gasteiger partial charge is 0.0654 e. The predicted molar refractivity (Wildman–Crippen MR) is 143 cm³/mol. The lowest BCUT2D eigenvalue weighted by atomic mass is 9.71. The summed E-state index contributed by atoms with van der Waals surface area (Å²) < 4.78 is 0. The van der Waals surface area contributed by atoms with Gasteiger partial charge in [-0.3, -0.25) is 0 Å². The summed E-state index contributed by atoms with van der Waals surface area (Å²) in [6, 6.07) is 0. The first-order chi connectivity index (χ1) is 15.7. The molecule has 0 saturated heterocycles. The van der Waals surface area contributed by atoms with Gasteiger partial charge in [-0.2, -0.15) is 0 Å². The average Bonchev–Trinajstić information content (AvgIpc) is 3.10. The summed E-state index contributed by atoms with van der Waals surface area (Å²) in [5.41, 5.74) is 0. The van der Waals surface area contributed by atoms with Gasteiger partial charge in [0.15, 0.2) is 0 Å². The van der Waals surface area contributed by atoms with Crippen LogP contribution in [0.2, 0.25) is 0 Å². The molecule has 0 aliphatic heterocycles. The van der Waals surface area contributed by atoms with Gasteiger partial charge in [0.2, 0.25) is 0 Å². The molecule has 0 aromatic carbocycles. The van der Waals surface area contributed by atoms with Gasteiger partial charge in [0.25, 0.3) is 0 Å². The van der Waals surface area contributed by atoms with Gasteiger partial charge in [0.1, 0.15) is 0 Å². The second kappa shape index (κ2) is 15.1. The van der Waals surface area contributed by atoms with Crippen LogP contribution in [-0.2, 0) is 0 Å². The van der Waals surface area contributed by atoms with E-state index in [-0.39, 0.29) is 0 Å². The first kappa shape index (κ1) is 26.6. The van der Waals surface area contributed by atoms with Gasteiger partial charge in [0.05, 0.1) is 0 Å². The Labute approximate surface area is 203 Å². The molecule has 0 nitrogen and oxygen atoms in total. The Morgan fingerprint density at radius 2 is 1.06 bits per heavy atom. The lowest BCUT2D eigenvalue weighted by Crippen LogP contribution is -2.27. The van der Waals surface area contributed by atoms with E-state index in [0.717, 1.165) is 41.4 Å². The van der Waals surface area contributed by atoms with E-state index >= 15 is 0 Å². The van der Waals surface area contributed by atoms with Crippen molar-refractivity contribution in [1.29, 1.82) is 0 Å². The van der Waals surface area contributed by atoms with E-state index in [4.69, 9.17) is 0 Å². The highest BCUT2D eigenvalue weighted by Crippen LogP contribution is 2.52. The highest BCUT2D eigenvalue weighted by atomic mass is 14.5. The van der Waals surface area contributed by atoms with Crippen LogP contribution >= 0.6 is 0 Å². The first-order valence-corrected chi connectivity index (χ1v) is 15.7. The van der Waals surface area contributed by atoms with Crippen molar-refractivity contribution in [2.45, 2.75) is 162 Å². The molecule has 6 atom stereocenters. The average molecular weight is 445 g/mol. The predicted octanol–water partition coefficient (Wildman–Crippen LogP) is 11.0. The van der Waals surface area contributed by atoms with Gasteiger partial charge < -0.3 is 0 Å². The fraction of sp³-hybridized carbons (Fsp3) is 1.00. The van der Waals surface area contributed by atoms with Crippen molar-refractivity contribution in [2.24, 2.45) is 41.4 Å². The van der Waals surface area contributed by atoms with Crippen molar-refractivity contribution in [3.8, 4) is 0 Å². The Bertz CT molecular complexity index is 461. The molecule has 0 heterocycles. The molecule has 3 aliphatic rings. The summed E-state index contributed by atoms with van der Waals surface area (Å²) in [5, 5.41) is 0. The van der Waals surface area contributed by atoms with Crippen LogP contribution in [0.3, 0.4) is 0 Å². The summed E-state index contributed by atoms with van der Waals surface area (Å²) in [5.74, 6) is 7.22. The second-order valence-electron chi connectivity index (χ2n) is 12.8. The number of hydrogen-bond acceptors (Lipinski definition) is 0. The Hall–Kier alpha value is 0. The molecule has 3 saturated carbocycles. The van der Waals surface area contributed by atoms with E-state index < -0.39 is 0 Å². The van der Waals surface area contributed by atoms with Crippen molar-refractivity contribution < 1.29 is 0 Å². The maximum Gasteiger partial charge on any atom is -0.0331 e. The molecule has 0 radical (unpaired) electrons. The molecule has 32 heavy (non-hydrogen) atoms. The van der Waals surface area contributed by atoms with E-state index in [9.17, 15) is 0 Å². The first-order valence-electron chi connectivity index (χ1n) is 15.7. The minimum absolute atomic E-state index is 0.986. The molecular weight excluding hydrogens is 384 g/mol. The summed E-state index contributed by atoms with van der Waals surface area (Å²) in [6.07, 6.45) is 33.4. The summed E-state index contributed by atoms with van der Waals surface area (Å²) in [7, 11) is 0. The van der Waals surface area contributed by atoms with E-state index in [0.29, 0.717) is 0 Å². The third-order valence-corrected chi connectivity index (χ3v) is 10.5. The van der Waals surface area contributed by atoms with Crippen LogP contribution in [0, 0.1) is 41.4 Å². The molecule has 0 bridgehead atoms. The SMILES string of the molecule is CCCCC1CCCCCCCCCCC(C2C(C)CC(C3CCCCC3)C2C)CCC1. The van der Waals surface area contributed by atoms with E-state index in [1.165, 1.54) is 109 Å². The molecular formula is C32H60. The number of rotatable bonds is 5.